The van der Waals surface area contributed by atoms with E-state index in [1.807, 2.05) is 19.9 Å². The number of carbonyl (C=O) groups excluding carboxylic acids is 1. The maximum absolute atomic E-state index is 11.6. The summed E-state index contributed by atoms with van der Waals surface area (Å²) in [5, 5.41) is 0. The maximum atomic E-state index is 11.6. The molecule has 98 valence electrons. The monoisotopic (exact) mass is 253 g/mol. The topological polar surface area (TPSA) is 29.4 Å². The van der Waals surface area contributed by atoms with Crippen molar-refractivity contribution in [1.29, 1.82) is 0 Å². The van der Waals surface area contributed by atoms with Crippen LogP contribution in [0.15, 0.2) is 40.4 Å². The van der Waals surface area contributed by atoms with Crippen LogP contribution < -0.4 is 0 Å². The number of hydrogen-bond acceptors (Lipinski definition) is 2. The van der Waals surface area contributed by atoms with E-state index in [0.717, 1.165) is 28.1 Å². The molecule has 0 atom stereocenters. The highest BCUT2D eigenvalue weighted by Gasteiger charge is 2.13. The first kappa shape index (κ1) is 13.5. The van der Waals surface area contributed by atoms with Gasteiger partial charge in [-0.25, -0.2) is 4.99 Å². The predicted octanol–water partition coefficient (Wildman–Crippen LogP) is 4.16. The zero-order valence-corrected chi connectivity index (χ0v) is 12.2. The first-order chi connectivity index (χ1) is 8.88. The van der Waals surface area contributed by atoms with Crippen LogP contribution in [0.2, 0.25) is 0 Å². The zero-order valence-electron chi connectivity index (χ0n) is 12.2. The molecule has 0 aromatic heterocycles. The van der Waals surface area contributed by atoms with Crippen LogP contribution in [0.25, 0.3) is 0 Å². The van der Waals surface area contributed by atoms with E-state index in [2.05, 4.69) is 32.9 Å². The average molecular weight is 253 g/mol. The number of nitrogens with zero attached hydrogens (tertiary/aromatic N) is 1. The second kappa shape index (κ2) is 4.96. The summed E-state index contributed by atoms with van der Waals surface area (Å²) in [4.78, 5) is 16.3. The van der Waals surface area contributed by atoms with Crippen molar-refractivity contribution in [3.8, 4) is 0 Å². The zero-order chi connectivity index (χ0) is 14.2. The highest BCUT2D eigenvalue weighted by Crippen LogP contribution is 2.25. The largest absolute Gasteiger partial charge is 0.290 e. The van der Waals surface area contributed by atoms with Crippen LogP contribution in [-0.2, 0) is 4.79 Å². The molecule has 0 radical (unpaired) electrons. The summed E-state index contributed by atoms with van der Waals surface area (Å²) in [6.07, 6.45) is 3.52. The highest BCUT2D eigenvalue weighted by molar-refractivity contribution is 6.22. The van der Waals surface area contributed by atoms with Crippen molar-refractivity contribution in [2.75, 3.05) is 0 Å². The van der Waals surface area contributed by atoms with Gasteiger partial charge in [-0.1, -0.05) is 6.07 Å². The second-order valence-electron chi connectivity index (χ2n) is 5.24. The molecule has 19 heavy (non-hydrogen) atoms. The van der Waals surface area contributed by atoms with Gasteiger partial charge in [-0.05, 0) is 80.7 Å². The van der Waals surface area contributed by atoms with Gasteiger partial charge in [0.1, 0.15) is 0 Å². The molecule has 0 amide bonds. The standard InChI is InChI=1S/C17H19NO/c1-10-6-12(3)15(7-11(10)2)18-16-8-14(5)17(19)9-13(16)4/h6-9H,1-5H3. The Morgan fingerprint density at radius 1 is 0.789 bits per heavy atom. The molecule has 1 aromatic rings. The molecule has 0 unspecified atom stereocenters. The lowest BCUT2D eigenvalue weighted by Gasteiger charge is -2.11. The van der Waals surface area contributed by atoms with Gasteiger partial charge < -0.3 is 0 Å². The summed E-state index contributed by atoms with van der Waals surface area (Å²) < 4.78 is 0. The Bertz CT molecular complexity index is 645. The van der Waals surface area contributed by atoms with E-state index >= 15 is 0 Å². The molecule has 0 fully saturated rings. The Morgan fingerprint density at radius 3 is 2.11 bits per heavy atom. The molecule has 1 aromatic carbocycles. The van der Waals surface area contributed by atoms with Gasteiger partial charge in [-0.2, -0.15) is 0 Å². The number of allylic oxidation sites excluding steroid dienone is 4. The average Bonchev–Trinajstić information content (AvgIpc) is 2.32. The van der Waals surface area contributed by atoms with Gasteiger partial charge in [0.2, 0.25) is 0 Å². The molecule has 0 saturated heterocycles. The fourth-order valence-corrected chi connectivity index (χ4v) is 2.09. The first-order valence-corrected chi connectivity index (χ1v) is 6.46. The summed E-state index contributed by atoms with van der Waals surface area (Å²) in [5.74, 6) is 0.0771. The number of aryl methyl sites for hydroxylation is 3. The van der Waals surface area contributed by atoms with E-state index in [1.165, 1.54) is 11.1 Å². The fourth-order valence-electron chi connectivity index (χ4n) is 2.09. The Morgan fingerprint density at radius 2 is 1.42 bits per heavy atom. The first-order valence-electron chi connectivity index (χ1n) is 6.46. The van der Waals surface area contributed by atoms with Gasteiger partial charge in [-0.15, -0.1) is 0 Å². The van der Waals surface area contributed by atoms with Crippen LogP contribution in [0.5, 0.6) is 0 Å². The minimum Gasteiger partial charge on any atom is -0.290 e. The van der Waals surface area contributed by atoms with E-state index < -0.39 is 0 Å². The molecular formula is C17H19NO. The van der Waals surface area contributed by atoms with E-state index in [9.17, 15) is 4.79 Å². The minimum atomic E-state index is 0.0771. The lowest BCUT2D eigenvalue weighted by atomic mass is 9.98. The summed E-state index contributed by atoms with van der Waals surface area (Å²) in [7, 11) is 0. The quantitative estimate of drug-likeness (QED) is 0.691. The van der Waals surface area contributed by atoms with Gasteiger partial charge >= 0.3 is 0 Å². The van der Waals surface area contributed by atoms with Gasteiger partial charge in [0, 0.05) is 0 Å². The van der Waals surface area contributed by atoms with Crippen molar-refractivity contribution in [3.05, 3.63) is 52.1 Å². The maximum Gasteiger partial charge on any atom is 0.181 e. The van der Waals surface area contributed by atoms with Gasteiger partial charge in [0.25, 0.3) is 0 Å². The van der Waals surface area contributed by atoms with E-state index in [-0.39, 0.29) is 5.78 Å². The van der Waals surface area contributed by atoms with Gasteiger partial charge in [0.05, 0.1) is 11.4 Å². The summed E-state index contributed by atoms with van der Waals surface area (Å²) in [6, 6.07) is 4.25. The van der Waals surface area contributed by atoms with Crippen molar-refractivity contribution in [2.24, 2.45) is 4.99 Å². The van der Waals surface area contributed by atoms with Crippen molar-refractivity contribution >= 4 is 17.2 Å². The SMILES string of the molecule is CC1=CC(=Nc2cc(C)c(C)cc2C)C(C)=CC1=O. The van der Waals surface area contributed by atoms with Gasteiger partial charge in [-0.3, -0.25) is 4.79 Å². The lowest BCUT2D eigenvalue weighted by molar-refractivity contribution is -0.111. The summed E-state index contributed by atoms with van der Waals surface area (Å²) in [6.45, 7) is 10.0. The van der Waals surface area contributed by atoms with Crippen molar-refractivity contribution < 1.29 is 4.79 Å². The predicted molar refractivity (Wildman–Crippen MR) is 80.3 cm³/mol. The number of ketones is 1. The molecule has 2 rings (SSSR count). The molecule has 1 aliphatic carbocycles. The normalized spacial score (nSPS) is 17.5. The van der Waals surface area contributed by atoms with E-state index in [1.54, 1.807) is 6.08 Å². The summed E-state index contributed by atoms with van der Waals surface area (Å²) >= 11 is 0. The van der Waals surface area contributed by atoms with Crippen LogP contribution in [0.4, 0.5) is 5.69 Å². The Balaban J connectivity index is 2.50. The Labute approximate surface area is 114 Å². The second-order valence-corrected chi connectivity index (χ2v) is 5.24. The van der Waals surface area contributed by atoms with Gasteiger partial charge in [0.15, 0.2) is 5.78 Å². The third-order valence-electron chi connectivity index (χ3n) is 3.55. The van der Waals surface area contributed by atoms with Crippen molar-refractivity contribution in [3.63, 3.8) is 0 Å². The number of carbonyl (C=O) groups is 1. The number of rotatable bonds is 1. The Kier molecular flexibility index (Phi) is 3.52. The molecule has 2 nitrogen and oxygen atoms in total. The van der Waals surface area contributed by atoms with Crippen LogP contribution in [0, 0.1) is 20.8 Å². The molecule has 0 spiro atoms. The molecule has 0 saturated carbocycles. The number of benzene rings is 1. The molecular weight excluding hydrogens is 234 g/mol. The third kappa shape index (κ3) is 2.73. The molecule has 2 heteroatoms. The summed E-state index contributed by atoms with van der Waals surface area (Å²) in [5.41, 5.74) is 7.19. The molecule has 0 aliphatic heterocycles. The lowest BCUT2D eigenvalue weighted by Crippen LogP contribution is -2.09. The van der Waals surface area contributed by atoms with Crippen LogP contribution in [0.3, 0.4) is 0 Å². The van der Waals surface area contributed by atoms with Crippen LogP contribution >= 0.6 is 0 Å². The molecule has 0 bridgehead atoms. The third-order valence-corrected chi connectivity index (χ3v) is 3.55. The van der Waals surface area contributed by atoms with Crippen molar-refractivity contribution in [1.82, 2.24) is 0 Å². The van der Waals surface area contributed by atoms with Crippen molar-refractivity contribution in [2.45, 2.75) is 34.6 Å². The smallest absolute Gasteiger partial charge is 0.181 e. The Hall–Kier alpha value is -1.96. The minimum absolute atomic E-state index is 0.0771. The van der Waals surface area contributed by atoms with E-state index in [4.69, 9.17) is 4.99 Å². The molecule has 0 heterocycles. The highest BCUT2D eigenvalue weighted by atomic mass is 16.1. The molecule has 0 N–H and O–H groups in total. The van der Waals surface area contributed by atoms with Crippen LogP contribution in [0.1, 0.15) is 30.5 Å². The number of hydrogen-bond donors (Lipinski definition) is 0. The fraction of sp³-hybridized carbons (Fsp3) is 0.294. The van der Waals surface area contributed by atoms with Crippen LogP contribution in [-0.4, -0.2) is 11.5 Å². The molecule has 1 aliphatic rings. The number of aliphatic imine (C=N–C) groups is 1. The van der Waals surface area contributed by atoms with E-state index in [0.29, 0.717) is 0 Å².